The molecule has 1 N–H and O–H groups in total. The van der Waals surface area contributed by atoms with Gasteiger partial charge in [-0.1, -0.05) is 6.07 Å². The molecule has 3 rings (SSSR count). The van der Waals surface area contributed by atoms with Crippen LogP contribution in [0.15, 0.2) is 30.6 Å². The van der Waals surface area contributed by atoms with Crippen LogP contribution in [0.25, 0.3) is 5.65 Å². The molecule has 22 heavy (non-hydrogen) atoms. The Morgan fingerprint density at radius 1 is 1.32 bits per heavy atom. The van der Waals surface area contributed by atoms with Crippen molar-refractivity contribution in [1.29, 1.82) is 0 Å². The lowest BCUT2D eigenvalue weighted by atomic mass is 10.3. The molecule has 0 aliphatic rings. The fraction of sp³-hybridized carbons (Fsp3) is 0.312. The van der Waals surface area contributed by atoms with E-state index in [1.165, 1.54) is 0 Å². The molecule has 0 radical (unpaired) electrons. The van der Waals surface area contributed by atoms with Crippen LogP contribution in [0.1, 0.15) is 22.6 Å². The predicted octanol–water partition coefficient (Wildman–Crippen LogP) is 1.54. The number of carbonyl (C=O) groups excluding carboxylic acids is 1. The highest BCUT2D eigenvalue weighted by molar-refractivity contribution is 5.78. The third-order valence-corrected chi connectivity index (χ3v) is 3.71. The van der Waals surface area contributed by atoms with E-state index >= 15 is 0 Å². The quantitative estimate of drug-likeness (QED) is 0.794. The first kappa shape index (κ1) is 14.3. The van der Waals surface area contributed by atoms with Gasteiger partial charge in [0.15, 0.2) is 0 Å². The number of nitrogens with zero attached hydrogens (tertiary/aromatic N) is 4. The Morgan fingerprint density at radius 2 is 2.14 bits per heavy atom. The number of amides is 1. The molecule has 0 aliphatic heterocycles. The van der Waals surface area contributed by atoms with Gasteiger partial charge in [0, 0.05) is 19.4 Å². The topological polar surface area (TPSA) is 64.2 Å². The second kappa shape index (κ2) is 5.63. The summed E-state index contributed by atoms with van der Waals surface area (Å²) in [5.74, 6) is -0.0258. The number of pyridine rings is 1. The third-order valence-electron chi connectivity index (χ3n) is 3.71. The normalized spacial score (nSPS) is 11.0. The summed E-state index contributed by atoms with van der Waals surface area (Å²) >= 11 is 0. The molecule has 0 bridgehead atoms. The summed E-state index contributed by atoms with van der Waals surface area (Å²) < 4.78 is 3.75. The zero-order chi connectivity index (χ0) is 15.7. The molecular formula is C16H19N5O. The molecule has 1 amide bonds. The molecule has 0 saturated carbocycles. The first-order valence-electron chi connectivity index (χ1n) is 7.22. The highest BCUT2D eigenvalue weighted by atomic mass is 16.1. The number of aryl methyl sites for hydroxylation is 3. The van der Waals surface area contributed by atoms with Gasteiger partial charge in [-0.3, -0.25) is 9.48 Å². The molecule has 0 unspecified atom stereocenters. The summed E-state index contributed by atoms with van der Waals surface area (Å²) in [5, 5.41) is 7.20. The number of imidazole rings is 1. The second-order valence-electron chi connectivity index (χ2n) is 5.49. The first-order valence-corrected chi connectivity index (χ1v) is 7.22. The summed E-state index contributed by atoms with van der Waals surface area (Å²) in [4.78, 5) is 16.5. The maximum absolute atomic E-state index is 12.1. The maximum Gasteiger partial charge on any atom is 0.226 e. The van der Waals surface area contributed by atoms with E-state index in [2.05, 4.69) is 15.4 Å². The standard InChI is InChI=1S/C16H19N5O/c1-11-5-4-6-21-14(10-18-16(11)21)8-15(22)17-9-13-7-12(2)19-20(13)3/h4-7,10H,8-9H2,1-3H3,(H,17,22). The lowest BCUT2D eigenvalue weighted by Crippen LogP contribution is -2.26. The lowest BCUT2D eigenvalue weighted by Gasteiger charge is -2.06. The van der Waals surface area contributed by atoms with Gasteiger partial charge in [0.05, 0.1) is 30.0 Å². The van der Waals surface area contributed by atoms with Gasteiger partial charge >= 0.3 is 0 Å². The Morgan fingerprint density at radius 3 is 2.86 bits per heavy atom. The average Bonchev–Trinajstić information content (AvgIpc) is 3.01. The molecule has 6 heteroatoms. The molecule has 3 aromatic rings. The van der Waals surface area contributed by atoms with E-state index in [9.17, 15) is 4.79 Å². The Kier molecular flexibility index (Phi) is 3.66. The highest BCUT2D eigenvalue weighted by Crippen LogP contribution is 2.11. The number of nitrogens with one attached hydrogen (secondary N) is 1. The summed E-state index contributed by atoms with van der Waals surface area (Å²) in [6.07, 6.45) is 4.00. The van der Waals surface area contributed by atoms with Gasteiger partial charge in [-0.05, 0) is 31.5 Å². The van der Waals surface area contributed by atoms with E-state index in [4.69, 9.17) is 0 Å². The average molecular weight is 297 g/mol. The second-order valence-corrected chi connectivity index (χ2v) is 5.49. The van der Waals surface area contributed by atoms with E-state index in [-0.39, 0.29) is 5.91 Å². The van der Waals surface area contributed by atoms with Crippen LogP contribution in [0, 0.1) is 13.8 Å². The van der Waals surface area contributed by atoms with Crippen LogP contribution in [0.5, 0.6) is 0 Å². The van der Waals surface area contributed by atoms with Crippen LogP contribution in [-0.4, -0.2) is 25.1 Å². The van der Waals surface area contributed by atoms with Crippen LogP contribution >= 0.6 is 0 Å². The molecule has 0 fully saturated rings. The van der Waals surface area contributed by atoms with Gasteiger partial charge in [0.1, 0.15) is 5.65 Å². The Labute approximate surface area is 128 Å². The van der Waals surface area contributed by atoms with Crippen LogP contribution in [0.3, 0.4) is 0 Å². The van der Waals surface area contributed by atoms with Crippen molar-refractivity contribution in [3.05, 3.63) is 53.2 Å². The summed E-state index contributed by atoms with van der Waals surface area (Å²) in [7, 11) is 1.88. The Hall–Kier alpha value is -2.63. The zero-order valence-corrected chi connectivity index (χ0v) is 13.0. The van der Waals surface area contributed by atoms with E-state index in [0.717, 1.165) is 28.3 Å². The van der Waals surface area contributed by atoms with Crippen molar-refractivity contribution in [2.24, 2.45) is 7.05 Å². The van der Waals surface area contributed by atoms with Crippen molar-refractivity contribution in [1.82, 2.24) is 24.5 Å². The monoisotopic (exact) mass is 297 g/mol. The number of aromatic nitrogens is 4. The number of carbonyl (C=O) groups is 1. The van der Waals surface area contributed by atoms with Crippen molar-refractivity contribution in [2.75, 3.05) is 0 Å². The predicted molar refractivity (Wildman–Crippen MR) is 83.4 cm³/mol. The minimum atomic E-state index is -0.0258. The van der Waals surface area contributed by atoms with Crippen molar-refractivity contribution in [3.8, 4) is 0 Å². The Bertz CT molecular complexity index is 830. The molecular weight excluding hydrogens is 278 g/mol. The van der Waals surface area contributed by atoms with Gasteiger partial charge in [0.25, 0.3) is 0 Å². The fourth-order valence-electron chi connectivity index (χ4n) is 2.58. The summed E-state index contributed by atoms with van der Waals surface area (Å²) in [5.41, 5.74) is 4.81. The minimum Gasteiger partial charge on any atom is -0.350 e. The van der Waals surface area contributed by atoms with Crippen LogP contribution in [0.2, 0.25) is 0 Å². The van der Waals surface area contributed by atoms with E-state index in [1.54, 1.807) is 10.9 Å². The van der Waals surface area contributed by atoms with Crippen molar-refractivity contribution >= 4 is 11.6 Å². The SMILES string of the molecule is Cc1cc(CNC(=O)Cc2cnc3c(C)cccn23)n(C)n1. The van der Waals surface area contributed by atoms with E-state index in [1.807, 2.05) is 49.7 Å². The van der Waals surface area contributed by atoms with Crippen molar-refractivity contribution in [3.63, 3.8) is 0 Å². The van der Waals surface area contributed by atoms with Crippen LogP contribution < -0.4 is 5.32 Å². The van der Waals surface area contributed by atoms with E-state index < -0.39 is 0 Å². The van der Waals surface area contributed by atoms with Gasteiger partial charge in [-0.25, -0.2) is 4.98 Å². The number of hydrogen-bond acceptors (Lipinski definition) is 3. The number of hydrogen-bond donors (Lipinski definition) is 1. The van der Waals surface area contributed by atoms with Gasteiger partial charge in [-0.15, -0.1) is 0 Å². The van der Waals surface area contributed by atoms with Gasteiger partial charge in [0.2, 0.25) is 5.91 Å². The molecule has 3 heterocycles. The van der Waals surface area contributed by atoms with E-state index in [0.29, 0.717) is 13.0 Å². The summed E-state index contributed by atoms with van der Waals surface area (Å²) in [6.45, 7) is 4.43. The highest BCUT2D eigenvalue weighted by Gasteiger charge is 2.10. The molecule has 6 nitrogen and oxygen atoms in total. The summed E-state index contributed by atoms with van der Waals surface area (Å²) in [6, 6.07) is 5.94. The fourth-order valence-corrected chi connectivity index (χ4v) is 2.58. The largest absolute Gasteiger partial charge is 0.350 e. The smallest absolute Gasteiger partial charge is 0.226 e. The molecule has 0 spiro atoms. The third kappa shape index (κ3) is 2.72. The zero-order valence-electron chi connectivity index (χ0n) is 13.0. The molecule has 114 valence electrons. The number of fused-ring (bicyclic) bond motifs is 1. The molecule has 0 aliphatic carbocycles. The lowest BCUT2D eigenvalue weighted by molar-refractivity contribution is -0.120. The van der Waals surface area contributed by atoms with Crippen LogP contribution in [0.4, 0.5) is 0 Å². The van der Waals surface area contributed by atoms with Gasteiger partial charge < -0.3 is 9.72 Å². The van der Waals surface area contributed by atoms with Crippen molar-refractivity contribution < 1.29 is 4.79 Å². The molecule has 0 atom stereocenters. The minimum absolute atomic E-state index is 0.0258. The number of rotatable bonds is 4. The first-order chi connectivity index (χ1) is 10.5. The van der Waals surface area contributed by atoms with Crippen LogP contribution in [-0.2, 0) is 24.8 Å². The molecule has 0 saturated heterocycles. The van der Waals surface area contributed by atoms with Crippen molar-refractivity contribution in [2.45, 2.75) is 26.8 Å². The molecule has 0 aromatic carbocycles. The van der Waals surface area contributed by atoms with Gasteiger partial charge in [-0.2, -0.15) is 5.10 Å². The Balaban J connectivity index is 1.68. The maximum atomic E-state index is 12.1. The molecule has 3 aromatic heterocycles.